The predicted octanol–water partition coefficient (Wildman–Crippen LogP) is 4.23. The third-order valence-corrected chi connectivity index (χ3v) is 3.50. The van der Waals surface area contributed by atoms with Gasteiger partial charge in [-0.3, -0.25) is 0 Å². The van der Waals surface area contributed by atoms with Crippen LogP contribution in [-0.4, -0.2) is 0 Å². The SMILES string of the molecule is Fc1ccccc1OCc1cc(Br)cs1. The van der Waals surface area contributed by atoms with E-state index in [0.717, 1.165) is 9.35 Å². The standard InChI is InChI=1S/C11H8BrFOS/c12-8-5-9(15-7-8)6-14-11-4-2-1-3-10(11)13/h1-5,7H,6H2. The van der Waals surface area contributed by atoms with Crippen LogP contribution in [-0.2, 0) is 6.61 Å². The van der Waals surface area contributed by atoms with Crippen LogP contribution in [0.5, 0.6) is 5.75 Å². The molecular weight excluding hydrogens is 279 g/mol. The first kappa shape index (κ1) is 10.6. The van der Waals surface area contributed by atoms with Crippen molar-refractivity contribution in [1.29, 1.82) is 0 Å². The number of hydrogen-bond donors (Lipinski definition) is 0. The minimum atomic E-state index is -0.326. The molecule has 1 nitrogen and oxygen atoms in total. The van der Waals surface area contributed by atoms with E-state index in [1.54, 1.807) is 29.5 Å². The van der Waals surface area contributed by atoms with Gasteiger partial charge in [0, 0.05) is 14.7 Å². The molecule has 4 heteroatoms. The summed E-state index contributed by atoms with van der Waals surface area (Å²) in [5.41, 5.74) is 0. The Bertz CT molecular complexity index is 455. The average molecular weight is 287 g/mol. The summed E-state index contributed by atoms with van der Waals surface area (Å²) in [6.07, 6.45) is 0. The fraction of sp³-hybridized carbons (Fsp3) is 0.0909. The van der Waals surface area contributed by atoms with E-state index < -0.39 is 0 Å². The summed E-state index contributed by atoms with van der Waals surface area (Å²) in [4.78, 5) is 1.06. The lowest BCUT2D eigenvalue weighted by molar-refractivity contribution is 0.293. The Morgan fingerprint density at radius 2 is 2.13 bits per heavy atom. The van der Waals surface area contributed by atoms with Crippen LogP contribution in [0.4, 0.5) is 4.39 Å². The maximum Gasteiger partial charge on any atom is 0.165 e. The van der Waals surface area contributed by atoms with Crippen molar-refractivity contribution in [3.05, 3.63) is 50.9 Å². The zero-order valence-electron chi connectivity index (χ0n) is 7.74. The van der Waals surface area contributed by atoms with E-state index in [1.165, 1.54) is 6.07 Å². The van der Waals surface area contributed by atoms with E-state index in [0.29, 0.717) is 12.4 Å². The number of hydrogen-bond acceptors (Lipinski definition) is 2. The van der Waals surface area contributed by atoms with E-state index >= 15 is 0 Å². The van der Waals surface area contributed by atoms with Gasteiger partial charge in [0.15, 0.2) is 11.6 Å². The number of rotatable bonds is 3. The third kappa shape index (κ3) is 2.79. The van der Waals surface area contributed by atoms with Gasteiger partial charge in [-0.25, -0.2) is 4.39 Å². The molecule has 0 spiro atoms. The normalized spacial score (nSPS) is 10.3. The summed E-state index contributed by atoms with van der Waals surface area (Å²) < 4.78 is 19.5. The van der Waals surface area contributed by atoms with Crippen LogP contribution >= 0.6 is 27.3 Å². The van der Waals surface area contributed by atoms with Gasteiger partial charge in [0.25, 0.3) is 0 Å². The lowest BCUT2D eigenvalue weighted by Gasteiger charge is -2.04. The van der Waals surface area contributed by atoms with Crippen molar-refractivity contribution in [3.8, 4) is 5.75 Å². The van der Waals surface area contributed by atoms with Crippen LogP contribution in [0.2, 0.25) is 0 Å². The number of ether oxygens (including phenoxy) is 1. The topological polar surface area (TPSA) is 9.23 Å². The molecule has 2 aromatic rings. The zero-order valence-corrected chi connectivity index (χ0v) is 10.1. The molecule has 0 aliphatic rings. The van der Waals surface area contributed by atoms with Gasteiger partial charge in [-0.1, -0.05) is 12.1 Å². The van der Waals surface area contributed by atoms with Crippen molar-refractivity contribution in [3.63, 3.8) is 0 Å². The highest BCUT2D eigenvalue weighted by atomic mass is 79.9. The first-order valence-corrected chi connectivity index (χ1v) is 6.03. The van der Waals surface area contributed by atoms with E-state index in [9.17, 15) is 4.39 Å². The summed E-state index contributed by atoms with van der Waals surface area (Å²) >= 11 is 4.93. The Morgan fingerprint density at radius 3 is 2.80 bits per heavy atom. The minimum Gasteiger partial charge on any atom is -0.485 e. The van der Waals surface area contributed by atoms with Gasteiger partial charge in [0.1, 0.15) is 6.61 Å². The molecule has 78 valence electrons. The van der Waals surface area contributed by atoms with Crippen molar-refractivity contribution in [2.24, 2.45) is 0 Å². The average Bonchev–Trinajstić information content (AvgIpc) is 2.63. The van der Waals surface area contributed by atoms with Crippen molar-refractivity contribution >= 4 is 27.3 Å². The molecule has 0 saturated carbocycles. The van der Waals surface area contributed by atoms with Gasteiger partial charge < -0.3 is 4.74 Å². The second-order valence-electron chi connectivity index (χ2n) is 2.95. The monoisotopic (exact) mass is 286 g/mol. The summed E-state index contributed by atoms with van der Waals surface area (Å²) in [5.74, 6) is -0.0323. The molecule has 1 aromatic heterocycles. The largest absolute Gasteiger partial charge is 0.485 e. The first-order chi connectivity index (χ1) is 7.25. The molecule has 1 heterocycles. The molecule has 2 rings (SSSR count). The van der Waals surface area contributed by atoms with Crippen molar-refractivity contribution in [2.75, 3.05) is 0 Å². The van der Waals surface area contributed by atoms with Crippen LogP contribution in [0.3, 0.4) is 0 Å². The molecule has 0 N–H and O–H groups in total. The maximum absolute atomic E-state index is 13.2. The van der Waals surface area contributed by atoms with Gasteiger partial charge in [0.2, 0.25) is 0 Å². The maximum atomic E-state index is 13.2. The summed E-state index contributed by atoms with van der Waals surface area (Å²) in [5, 5.41) is 1.97. The molecule has 15 heavy (non-hydrogen) atoms. The van der Waals surface area contributed by atoms with Crippen LogP contribution in [0.15, 0.2) is 40.2 Å². The smallest absolute Gasteiger partial charge is 0.165 e. The Hall–Kier alpha value is -0.870. The van der Waals surface area contributed by atoms with Crippen molar-refractivity contribution < 1.29 is 9.13 Å². The minimum absolute atomic E-state index is 0.294. The van der Waals surface area contributed by atoms with Gasteiger partial charge >= 0.3 is 0 Å². The number of halogens is 2. The van der Waals surface area contributed by atoms with Crippen molar-refractivity contribution in [1.82, 2.24) is 0 Å². The quantitative estimate of drug-likeness (QED) is 0.821. The summed E-state index contributed by atoms with van der Waals surface area (Å²) in [7, 11) is 0. The molecule has 0 fully saturated rings. The van der Waals surface area contributed by atoms with Gasteiger partial charge in [0.05, 0.1) is 0 Å². The predicted molar refractivity (Wildman–Crippen MR) is 62.8 cm³/mol. The third-order valence-electron chi connectivity index (χ3n) is 1.83. The summed E-state index contributed by atoms with van der Waals surface area (Å²) in [6.45, 7) is 0.400. The molecule has 0 amide bonds. The molecule has 0 unspecified atom stereocenters. The van der Waals surface area contributed by atoms with Gasteiger partial charge in [-0.2, -0.15) is 0 Å². The fourth-order valence-electron chi connectivity index (χ4n) is 1.14. The molecule has 0 radical (unpaired) electrons. The van der Waals surface area contributed by atoms with E-state index in [2.05, 4.69) is 15.9 Å². The number of thiophene rings is 1. The second-order valence-corrected chi connectivity index (χ2v) is 4.86. The van der Waals surface area contributed by atoms with Crippen LogP contribution < -0.4 is 4.74 Å². The van der Waals surface area contributed by atoms with E-state index in [-0.39, 0.29) is 5.82 Å². The molecule has 0 aliphatic heterocycles. The van der Waals surface area contributed by atoms with Crippen LogP contribution in [0.25, 0.3) is 0 Å². The molecule has 0 bridgehead atoms. The number of benzene rings is 1. The zero-order chi connectivity index (χ0) is 10.7. The fourth-order valence-corrected chi connectivity index (χ4v) is 2.50. The second kappa shape index (κ2) is 4.77. The van der Waals surface area contributed by atoms with Crippen molar-refractivity contribution in [2.45, 2.75) is 6.61 Å². The molecule has 0 aliphatic carbocycles. The van der Waals surface area contributed by atoms with E-state index in [4.69, 9.17) is 4.74 Å². The van der Waals surface area contributed by atoms with Crippen LogP contribution in [0.1, 0.15) is 4.88 Å². The first-order valence-electron chi connectivity index (χ1n) is 4.36. The molecule has 0 atom stereocenters. The molecule has 1 aromatic carbocycles. The Labute approximate surface area is 99.6 Å². The highest BCUT2D eigenvalue weighted by molar-refractivity contribution is 9.10. The van der Waals surface area contributed by atoms with Crippen LogP contribution in [0, 0.1) is 5.82 Å². The van der Waals surface area contributed by atoms with Gasteiger partial charge in [-0.15, -0.1) is 11.3 Å². The van der Waals surface area contributed by atoms with E-state index in [1.807, 2.05) is 11.4 Å². The lowest BCUT2D eigenvalue weighted by Crippen LogP contribution is -1.94. The Kier molecular flexibility index (Phi) is 3.38. The Morgan fingerprint density at radius 1 is 1.33 bits per heavy atom. The highest BCUT2D eigenvalue weighted by Gasteiger charge is 2.03. The molecule has 0 saturated heterocycles. The molecular formula is C11H8BrFOS. The number of para-hydroxylation sites is 1. The lowest BCUT2D eigenvalue weighted by atomic mass is 10.3. The highest BCUT2D eigenvalue weighted by Crippen LogP contribution is 2.22. The Balaban J connectivity index is 2.02. The summed E-state index contributed by atoms with van der Waals surface area (Å²) in [6, 6.07) is 8.37. The van der Waals surface area contributed by atoms with Gasteiger partial charge in [-0.05, 0) is 34.1 Å².